The number of nitro groups is 1. The normalized spacial score (nSPS) is 14.0. The molecule has 1 aliphatic rings. The van der Waals surface area contributed by atoms with Gasteiger partial charge in [0, 0.05) is 26.3 Å². The average molecular weight is 294 g/mol. The van der Waals surface area contributed by atoms with Gasteiger partial charge in [-0.05, 0) is 30.9 Å². The number of nitro benzene ring substituents is 1. The summed E-state index contributed by atoms with van der Waals surface area (Å²) in [6.07, 6.45) is 2.44. The molecule has 0 amide bonds. The summed E-state index contributed by atoms with van der Waals surface area (Å²) in [5, 5.41) is 20.0. The van der Waals surface area contributed by atoms with Crippen molar-refractivity contribution in [3.8, 4) is 0 Å². The summed E-state index contributed by atoms with van der Waals surface area (Å²) in [6.45, 7) is 1.75. The molecule has 7 nitrogen and oxygen atoms in total. The van der Waals surface area contributed by atoms with Crippen LogP contribution in [0.25, 0.3) is 0 Å². The number of carboxylic acids is 1. The van der Waals surface area contributed by atoms with E-state index in [1.807, 2.05) is 0 Å². The Balaban J connectivity index is 2.01. The number of carbonyl (C=O) groups is 1. The van der Waals surface area contributed by atoms with Gasteiger partial charge >= 0.3 is 5.97 Å². The summed E-state index contributed by atoms with van der Waals surface area (Å²) in [7, 11) is 1.73. The molecule has 1 aromatic carbocycles. The van der Waals surface area contributed by atoms with Crippen molar-refractivity contribution in [1.82, 2.24) is 0 Å². The van der Waals surface area contributed by atoms with E-state index < -0.39 is 10.9 Å². The van der Waals surface area contributed by atoms with Crippen molar-refractivity contribution < 1.29 is 19.6 Å². The fourth-order valence-electron chi connectivity index (χ4n) is 1.98. The maximum Gasteiger partial charge on any atom is 0.335 e. The maximum atomic E-state index is 11.1. The number of nitrogens with zero attached hydrogens (tertiary/aromatic N) is 2. The van der Waals surface area contributed by atoms with E-state index in [4.69, 9.17) is 9.84 Å². The zero-order valence-corrected chi connectivity index (χ0v) is 11.8. The topological polar surface area (TPSA) is 92.9 Å². The minimum atomic E-state index is -1.18. The molecule has 0 atom stereocenters. The number of ether oxygens (including phenoxy) is 1. The third kappa shape index (κ3) is 4.16. The molecular formula is C14H18N2O5. The van der Waals surface area contributed by atoms with Gasteiger partial charge in [0.25, 0.3) is 5.69 Å². The number of hydrogen-bond acceptors (Lipinski definition) is 5. The number of anilines is 1. The third-order valence-electron chi connectivity index (χ3n) is 3.45. The van der Waals surface area contributed by atoms with Crippen LogP contribution in [0.5, 0.6) is 0 Å². The Morgan fingerprint density at radius 2 is 2.24 bits per heavy atom. The Bertz CT molecular complexity index is 542. The Morgan fingerprint density at radius 1 is 1.52 bits per heavy atom. The summed E-state index contributed by atoms with van der Waals surface area (Å²) in [6, 6.07) is 3.91. The minimum Gasteiger partial charge on any atom is -0.478 e. The molecule has 0 heterocycles. The molecule has 1 aromatic rings. The van der Waals surface area contributed by atoms with Crippen LogP contribution in [0.3, 0.4) is 0 Å². The average Bonchev–Trinajstić information content (AvgIpc) is 3.26. The third-order valence-corrected chi connectivity index (χ3v) is 3.45. The molecule has 0 saturated heterocycles. The van der Waals surface area contributed by atoms with Crippen LogP contribution in [-0.2, 0) is 4.74 Å². The molecule has 114 valence electrons. The van der Waals surface area contributed by atoms with E-state index in [1.165, 1.54) is 25.0 Å². The molecule has 7 heteroatoms. The lowest BCUT2D eigenvalue weighted by molar-refractivity contribution is -0.384. The first-order valence-electron chi connectivity index (χ1n) is 6.79. The fraction of sp³-hybridized carbons (Fsp3) is 0.500. The standard InChI is InChI=1S/C14H18N2O5/c1-15(6-7-21-9-10-2-3-10)12-5-4-11(14(17)18)8-13(12)16(19)20/h4-5,8,10H,2-3,6-7,9H2,1H3,(H,17,18). The molecule has 0 aromatic heterocycles. The summed E-state index contributed by atoms with van der Waals surface area (Å²) in [4.78, 5) is 23.1. The van der Waals surface area contributed by atoms with Crippen LogP contribution in [0.2, 0.25) is 0 Å². The van der Waals surface area contributed by atoms with Gasteiger partial charge in [-0.1, -0.05) is 0 Å². The lowest BCUT2D eigenvalue weighted by atomic mass is 10.1. The van der Waals surface area contributed by atoms with Gasteiger partial charge in [0.05, 0.1) is 17.1 Å². The van der Waals surface area contributed by atoms with Crippen LogP contribution in [0.4, 0.5) is 11.4 Å². The van der Waals surface area contributed by atoms with E-state index in [9.17, 15) is 14.9 Å². The summed E-state index contributed by atoms with van der Waals surface area (Å²) in [5.74, 6) is -0.500. The largest absolute Gasteiger partial charge is 0.478 e. The van der Waals surface area contributed by atoms with Crippen LogP contribution >= 0.6 is 0 Å². The zero-order chi connectivity index (χ0) is 15.4. The Hall–Kier alpha value is -2.15. The quantitative estimate of drug-likeness (QED) is 0.448. The van der Waals surface area contributed by atoms with Gasteiger partial charge in [0.2, 0.25) is 0 Å². The van der Waals surface area contributed by atoms with Crippen molar-refractivity contribution in [2.24, 2.45) is 5.92 Å². The SMILES string of the molecule is CN(CCOCC1CC1)c1ccc(C(=O)O)cc1[N+](=O)[O-]. The molecule has 1 N–H and O–H groups in total. The van der Waals surface area contributed by atoms with Crippen molar-refractivity contribution in [3.63, 3.8) is 0 Å². The van der Waals surface area contributed by atoms with Gasteiger partial charge in [-0.15, -0.1) is 0 Å². The van der Waals surface area contributed by atoms with Crippen molar-refractivity contribution in [2.75, 3.05) is 31.7 Å². The Kier molecular flexibility index (Phi) is 4.74. The molecule has 1 saturated carbocycles. The molecule has 0 unspecified atom stereocenters. The second kappa shape index (κ2) is 6.53. The molecule has 0 spiro atoms. The number of rotatable bonds is 8. The summed E-state index contributed by atoms with van der Waals surface area (Å²) >= 11 is 0. The van der Waals surface area contributed by atoms with Crippen LogP contribution in [-0.4, -0.2) is 42.8 Å². The number of aromatic carboxylic acids is 1. The maximum absolute atomic E-state index is 11.1. The van der Waals surface area contributed by atoms with Crippen molar-refractivity contribution in [2.45, 2.75) is 12.8 Å². The van der Waals surface area contributed by atoms with E-state index in [1.54, 1.807) is 11.9 Å². The van der Waals surface area contributed by atoms with E-state index in [2.05, 4.69) is 0 Å². The second-order valence-corrected chi connectivity index (χ2v) is 5.21. The fourth-order valence-corrected chi connectivity index (χ4v) is 1.98. The number of likely N-dealkylation sites (N-methyl/N-ethyl adjacent to an activating group) is 1. The van der Waals surface area contributed by atoms with Gasteiger partial charge in [0.1, 0.15) is 5.69 Å². The van der Waals surface area contributed by atoms with Crippen molar-refractivity contribution in [1.29, 1.82) is 0 Å². The van der Waals surface area contributed by atoms with Crippen LogP contribution in [0.15, 0.2) is 18.2 Å². The molecule has 0 bridgehead atoms. The number of carboxylic acid groups (broad SMARTS) is 1. The van der Waals surface area contributed by atoms with Gasteiger partial charge in [-0.2, -0.15) is 0 Å². The number of benzene rings is 1. The van der Waals surface area contributed by atoms with Crippen molar-refractivity contribution in [3.05, 3.63) is 33.9 Å². The molecule has 0 radical (unpaired) electrons. The van der Waals surface area contributed by atoms with E-state index in [-0.39, 0.29) is 11.3 Å². The van der Waals surface area contributed by atoms with E-state index >= 15 is 0 Å². The van der Waals surface area contributed by atoms with Crippen molar-refractivity contribution >= 4 is 17.3 Å². The first-order valence-corrected chi connectivity index (χ1v) is 6.79. The lowest BCUT2D eigenvalue weighted by Gasteiger charge is -2.19. The predicted octanol–water partition coefficient (Wildman–Crippen LogP) is 2.16. The van der Waals surface area contributed by atoms with Crippen LogP contribution in [0.1, 0.15) is 23.2 Å². The molecule has 1 aliphatic carbocycles. The Morgan fingerprint density at radius 3 is 2.81 bits per heavy atom. The molecular weight excluding hydrogens is 276 g/mol. The molecule has 2 rings (SSSR count). The highest BCUT2D eigenvalue weighted by Gasteiger charge is 2.22. The van der Waals surface area contributed by atoms with E-state index in [0.29, 0.717) is 24.8 Å². The smallest absolute Gasteiger partial charge is 0.335 e. The summed E-state index contributed by atoms with van der Waals surface area (Å²) in [5.41, 5.74) is 0.0865. The minimum absolute atomic E-state index is 0.0937. The second-order valence-electron chi connectivity index (χ2n) is 5.21. The molecule has 21 heavy (non-hydrogen) atoms. The van der Waals surface area contributed by atoms with Gasteiger partial charge < -0.3 is 14.7 Å². The first kappa shape index (κ1) is 15.2. The van der Waals surface area contributed by atoms with E-state index in [0.717, 1.165) is 12.7 Å². The van der Waals surface area contributed by atoms with Gasteiger partial charge in [-0.25, -0.2) is 4.79 Å². The lowest BCUT2D eigenvalue weighted by Crippen LogP contribution is -2.24. The Labute approximate surface area is 122 Å². The number of hydrogen-bond donors (Lipinski definition) is 1. The highest BCUT2D eigenvalue weighted by Crippen LogP contribution is 2.30. The van der Waals surface area contributed by atoms with Gasteiger partial charge in [-0.3, -0.25) is 10.1 Å². The predicted molar refractivity (Wildman–Crippen MR) is 76.9 cm³/mol. The first-order chi connectivity index (χ1) is 9.99. The monoisotopic (exact) mass is 294 g/mol. The van der Waals surface area contributed by atoms with Crippen LogP contribution in [0, 0.1) is 16.0 Å². The highest BCUT2D eigenvalue weighted by molar-refractivity contribution is 5.89. The summed E-state index contributed by atoms with van der Waals surface area (Å²) < 4.78 is 5.51. The molecule has 0 aliphatic heterocycles. The van der Waals surface area contributed by atoms with Gasteiger partial charge in [0.15, 0.2) is 0 Å². The molecule has 1 fully saturated rings. The highest BCUT2D eigenvalue weighted by atomic mass is 16.6. The zero-order valence-electron chi connectivity index (χ0n) is 11.8. The van der Waals surface area contributed by atoms with Crippen LogP contribution < -0.4 is 4.90 Å².